The Bertz CT molecular complexity index is 648. The van der Waals surface area contributed by atoms with Crippen LogP contribution in [0.1, 0.15) is 11.4 Å². The number of aromatic nitrogens is 2. The monoisotopic (exact) mass is 260 g/mol. The van der Waals surface area contributed by atoms with Gasteiger partial charge in [-0.15, -0.1) is 0 Å². The van der Waals surface area contributed by atoms with Gasteiger partial charge in [0, 0.05) is 6.07 Å². The van der Waals surface area contributed by atoms with Crippen LogP contribution in [0.15, 0.2) is 24.5 Å². The lowest BCUT2D eigenvalue weighted by atomic mass is 10.2. The van der Waals surface area contributed by atoms with E-state index in [1.807, 2.05) is 12.1 Å². The fourth-order valence-electron chi connectivity index (χ4n) is 2.08. The van der Waals surface area contributed by atoms with Crippen molar-refractivity contribution in [3.8, 4) is 17.2 Å². The van der Waals surface area contributed by atoms with Gasteiger partial charge in [-0.25, -0.2) is 4.98 Å². The molecule has 6 heteroatoms. The minimum absolute atomic E-state index is 0.0692. The summed E-state index contributed by atoms with van der Waals surface area (Å²) in [6, 6.07) is 5.46. The molecule has 0 unspecified atom stereocenters. The second kappa shape index (κ2) is 4.31. The molecule has 1 aliphatic rings. The molecule has 19 heavy (non-hydrogen) atoms. The van der Waals surface area contributed by atoms with Gasteiger partial charge in [-0.05, 0) is 19.1 Å². The Labute approximate surface area is 109 Å². The SMILES string of the molecule is Cc1ncn(-c2ccc3c(c2)OCO3)c1CC(=O)O. The number of ether oxygens (including phenoxy) is 2. The number of rotatable bonds is 3. The van der Waals surface area contributed by atoms with Crippen LogP contribution in [0.25, 0.3) is 5.69 Å². The van der Waals surface area contributed by atoms with Crippen LogP contribution in [0.3, 0.4) is 0 Å². The molecule has 0 aliphatic carbocycles. The van der Waals surface area contributed by atoms with Gasteiger partial charge in [-0.3, -0.25) is 4.79 Å². The summed E-state index contributed by atoms with van der Waals surface area (Å²) in [6.45, 7) is 2.01. The van der Waals surface area contributed by atoms with Crippen LogP contribution in [0.5, 0.6) is 11.5 Å². The van der Waals surface area contributed by atoms with Gasteiger partial charge in [-0.1, -0.05) is 0 Å². The van der Waals surface area contributed by atoms with Crippen molar-refractivity contribution in [2.75, 3.05) is 6.79 Å². The maximum absolute atomic E-state index is 10.9. The molecule has 1 aliphatic heterocycles. The third-order valence-electron chi connectivity index (χ3n) is 3.03. The lowest BCUT2D eigenvalue weighted by Crippen LogP contribution is -2.07. The minimum Gasteiger partial charge on any atom is -0.481 e. The van der Waals surface area contributed by atoms with E-state index in [0.717, 1.165) is 5.69 Å². The van der Waals surface area contributed by atoms with Gasteiger partial charge in [0.2, 0.25) is 6.79 Å². The molecular formula is C13H12N2O4. The zero-order chi connectivity index (χ0) is 13.4. The molecule has 0 saturated carbocycles. The topological polar surface area (TPSA) is 73.6 Å². The highest BCUT2D eigenvalue weighted by molar-refractivity contribution is 5.70. The maximum atomic E-state index is 10.9. The summed E-state index contributed by atoms with van der Waals surface area (Å²) >= 11 is 0. The first-order valence-corrected chi connectivity index (χ1v) is 5.80. The number of carboxylic acid groups (broad SMARTS) is 1. The number of nitrogens with zero attached hydrogens (tertiary/aromatic N) is 2. The average Bonchev–Trinajstić information content (AvgIpc) is 2.96. The number of aryl methyl sites for hydroxylation is 1. The first kappa shape index (κ1) is 11.6. The van der Waals surface area contributed by atoms with Crippen LogP contribution in [-0.2, 0) is 11.2 Å². The lowest BCUT2D eigenvalue weighted by Gasteiger charge is -2.08. The number of carboxylic acids is 1. The van der Waals surface area contributed by atoms with E-state index in [1.165, 1.54) is 0 Å². The Hall–Kier alpha value is -2.50. The number of hydrogen-bond acceptors (Lipinski definition) is 4. The highest BCUT2D eigenvalue weighted by atomic mass is 16.7. The molecule has 1 aromatic carbocycles. The molecule has 2 heterocycles. The average molecular weight is 260 g/mol. The third kappa shape index (κ3) is 2.01. The lowest BCUT2D eigenvalue weighted by molar-refractivity contribution is -0.136. The zero-order valence-electron chi connectivity index (χ0n) is 10.3. The number of benzene rings is 1. The summed E-state index contributed by atoms with van der Waals surface area (Å²) in [5.41, 5.74) is 2.17. The Morgan fingerprint density at radius 1 is 1.42 bits per heavy atom. The van der Waals surface area contributed by atoms with E-state index in [4.69, 9.17) is 14.6 Å². The van der Waals surface area contributed by atoms with Crippen LogP contribution >= 0.6 is 0 Å². The molecule has 1 aromatic heterocycles. The first-order valence-electron chi connectivity index (χ1n) is 5.80. The van der Waals surface area contributed by atoms with Gasteiger partial charge in [-0.2, -0.15) is 0 Å². The maximum Gasteiger partial charge on any atom is 0.309 e. The Balaban J connectivity index is 2.04. The van der Waals surface area contributed by atoms with Crippen molar-refractivity contribution >= 4 is 5.97 Å². The smallest absolute Gasteiger partial charge is 0.309 e. The molecule has 1 N–H and O–H groups in total. The van der Waals surface area contributed by atoms with Crippen molar-refractivity contribution in [3.63, 3.8) is 0 Å². The largest absolute Gasteiger partial charge is 0.481 e. The summed E-state index contributed by atoms with van der Waals surface area (Å²) in [7, 11) is 0. The highest BCUT2D eigenvalue weighted by Gasteiger charge is 2.17. The van der Waals surface area contributed by atoms with Crippen molar-refractivity contribution in [1.29, 1.82) is 0 Å². The van der Waals surface area contributed by atoms with Crippen molar-refractivity contribution in [3.05, 3.63) is 35.9 Å². The van der Waals surface area contributed by atoms with E-state index in [2.05, 4.69) is 4.98 Å². The van der Waals surface area contributed by atoms with Gasteiger partial charge in [0.1, 0.15) is 0 Å². The second-order valence-corrected chi connectivity index (χ2v) is 4.25. The summed E-state index contributed by atoms with van der Waals surface area (Å²) in [5.74, 6) is 0.469. The molecule has 0 radical (unpaired) electrons. The van der Waals surface area contributed by atoms with E-state index >= 15 is 0 Å². The summed E-state index contributed by atoms with van der Waals surface area (Å²) in [5, 5.41) is 8.95. The summed E-state index contributed by atoms with van der Waals surface area (Å²) in [4.78, 5) is 15.1. The van der Waals surface area contributed by atoms with Crippen LogP contribution in [0.4, 0.5) is 0 Å². The normalized spacial score (nSPS) is 12.7. The standard InChI is InChI=1S/C13H12N2O4/c1-8-10(5-13(16)17)15(6-14-8)9-2-3-11-12(4-9)19-7-18-11/h2-4,6H,5,7H2,1H3,(H,16,17). The highest BCUT2D eigenvalue weighted by Crippen LogP contribution is 2.34. The van der Waals surface area contributed by atoms with Crippen molar-refractivity contribution in [2.45, 2.75) is 13.3 Å². The van der Waals surface area contributed by atoms with Crippen LogP contribution in [0, 0.1) is 6.92 Å². The van der Waals surface area contributed by atoms with E-state index < -0.39 is 5.97 Å². The Morgan fingerprint density at radius 3 is 3.00 bits per heavy atom. The van der Waals surface area contributed by atoms with E-state index in [-0.39, 0.29) is 13.2 Å². The van der Waals surface area contributed by atoms with Gasteiger partial charge in [0.15, 0.2) is 11.5 Å². The fraction of sp³-hybridized carbons (Fsp3) is 0.231. The molecular weight excluding hydrogens is 248 g/mol. The van der Waals surface area contributed by atoms with Gasteiger partial charge in [0.25, 0.3) is 0 Å². The predicted molar refractivity (Wildman–Crippen MR) is 65.8 cm³/mol. The Kier molecular flexibility index (Phi) is 2.63. The second-order valence-electron chi connectivity index (χ2n) is 4.25. The first-order chi connectivity index (χ1) is 9.15. The van der Waals surface area contributed by atoms with Crippen LogP contribution < -0.4 is 9.47 Å². The molecule has 0 spiro atoms. The number of fused-ring (bicyclic) bond motifs is 1. The van der Waals surface area contributed by atoms with E-state index in [1.54, 1.807) is 23.9 Å². The summed E-state index contributed by atoms with van der Waals surface area (Å²) < 4.78 is 12.3. The van der Waals surface area contributed by atoms with Crippen LogP contribution in [0.2, 0.25) is 0 Å². The van der Waals surface area contributed by atoms with E-state index in [9.17, 15) is 4.79 Å². The minimum atomic E-state index is -0.884. The summed E-state index contributed by atoms with van der Waals surface area (Å²) in [6.07, 6.45) is 1.55. The molecule has 0 atom stereocenters. The molecule has 2 aromatic rings. The van der Waals surface area contributed by atoms with Crippen molar-refractivity contribution < 1.29 is 19.4 Å². The molecule has 0 bridgehead atoms. The number of imidazole rings is 1. The number of aliphatic carboxylic acids is 1. The number of carbonyl (C=O) groups is 1. The predicted octanol–water partition coefficient (Wildman–Crippen LogP) is 1.54. The fourth-order valence-corrected chi connectivity index (χ4v) is 2.08. The quantitative estimate of drug-likeness (QED) is 0.906. The van der Waals surface area contributed by atoms with Gasteiger partial charge >= 0.3 is 5.97 Å². The number of hydrogen-bond donors (Lipinski definition) is 1. The molecule has 0 amide bonds. The molecule has 0 fully saturated rings. The van der Waals surface area contributed by atoms with Gasteiger partial charge in [0.05, 0.1) is 29.8 Å². The third-order valence-corrected chi connectivity index (χ3v) is 3.03. The molecule has 98 valence electrons. The zero-order valence-corrected chi connectivity index (χ0v) is 10.3. The Morgan fingerprint density at radius 2 is 2.21 bits per heavy atom. The van der Waals surface area contributed by atoms with E-state index in [0.29, 0.717) is 22.9 Å². The van der Waals surface area contributed by atoms with Crippen LogP contribution in [-0.4, -0.2) is 27.4 Å². The molecule has 6 nitrogen and oxygen atoms in total. The molecule has 0 saturated heterocycles. The van der Waals surface area contributed by atoms with Gasteiger partial charge < -0.3 is 19.1 Å². The molecule has 3 rings (SSSR count). The van der Waals surface area contributed by atoms with Crippen molar-refractivity contribution in [1.82, 2.24) is 9.55 Å². The van der Waals surface area contributed by atoms with Crippen molar-refractivity contribution in [2.24, 2.45) is 0 Å².